The van der Waals surface area contributed by atoms with E-state index >= 15 is 0 Å². The number of hydrogen-bond acceptors (Lipinski definition) is 3. The number of rotatable bonds is 4. The Morgan fingerprint density at radius 1 is 1.21 bits per heavy atom. The molecule has 1 aromatic carbocycles. The highest BCUT2D eigenvalue weighted by atomic mass is 35.5. The molecule has 1 heterocycles. The van der Waals surface area contributed by atoms with E-state index in [0.29, 0.717) is 5.02 Å². The molecule has 1 unspecified atom stereocenters. The topological polar surface area (TPSA) is 33.2 Å². The minimum absolute atomic E-state index is 0.631. The first kappa shape index (κ1) is 14.0. The van der Waals surface area contributed by atoms with Gasteiger partial charge < -0.3 is 4.90 Å². The van der Waals surface area contributed by atoms with Gasteiger partial charge in [0, 0.05) is 41.7 Å². The fourth-order valence-corrected chi connectivity index (χ4v) is 2.37. The third kappa shape index (κ3) is 3.78. The largest absolute Gasteiger partial charge is 0.355 e. The van der Waals surface area contributed by atoms with E-state index in [2.05, 4.69) is 4.98 Å². The van der Waals surface area contributed by atoms with Gasteiger partial charge in [-0.2, -0.15) is 0 Å². The van der Waals surface area contributed by atoms with Gasteiger partial charge in [0.2, 0.25) is 0 Å². The van der Waals surface area contributed by atoms with Crippen LogP contribution >= 0.6 is 11.6 Å². The Kier molecular flexibility index (Phi) is 4.56. The summed E-state index contributed by atoms with van der Waals surface area (Å²) in [6.45, 7) is 0.741. The van der Waals surface area contributed by atoms with Crippen LogP contribution in [0.4, 0.5) is 5.82 Å². The summed E-state index contributed by atoms with van der Waals surface area (Å²) in [6.07, 6.45) is 3.31. The van der Waals surface area contributed by atoms with Crippen molar-refractivity contribution in [3.05, 3.63) is 53.2 Å². The zero-order valence-corrected chi connectivity index (χ0v) is 12.4. The van der Waals surface area contributed by atoms with Crippen molar-refractivity contribution >= 4 is 28.2 Å². The molecule has 1 aromatic heterocycles. The molecular formula is C14H15ClN2OS. The van der Waals surface area contributed by atoms with Crippen molar-refractivity contribution in [3.8, 4) is 0 Å². The summed E-state index contributed by atoms with van der Waals surface area (Å²) in [4.78, 5) is 7.14. The van der Waals surface area contributed by atoms with Gasteiger partial charge in [0.25, 0.3) is 0 Å². The normalized spacial score (nSPS) is 12.2. The van der Waals surface area contributed by atoms with Crippen LogP contribution in [0.3, 0.4) is 0 Å². The average molecular weight is 295 g/mol. The van der Waals surface area contributed by atoms with Gasteiger partial charge >= 0.3 is 0 Å². The molecule has 0 aliphatic carbocycles. The fraction of sp³-hybridized carbons (Fsp3) is 0.214. The Bertz CT molecular complexity index is 569. The summed E-state index contributed by atoms with van der Waals surface area (Å²) >= 11 is 5.81. The van der Waals surface area contributed by atoms with Gasteiger partial charge in [-0.3, -0.25) is 4.21 Å². The van der Waals surface area contributed by atoms with Crippen LogP contribution in [0.15, 0.2) is 47.5 Å². The van der Waals surface area contributed by atoms with Crippen molar-refractivity contribution in [2.45, 2.75) is 11.4 Å². The molecular weight excluding hydrogens is 280 g/mol. The van der Waals surface area contributed by atoms with E-state index in [-0.39, 0.29) is 0 Å². The van der Waals surface area contributed by atoms with Crippen LogP contribution in [0.5, 0.6) is 0 Å². The summed E-state index contributed by atoms with van der Waals surface area (Å²) in [5.41, 5.74) is 1.15. The second-order valence-corrected chi connectivity index (χ2v) is 6.10. The van der Waals surface area contributed by atoms with Crippen molar-refractivity contribution in [1.29, 1.82) is 0 Å². The Morgan fingerprint density at radius 2 is 1.89 bits per heavy atom. The Hall–Kier alpha value is -1.39. The predicted molar refractivity (Wildman–Crippen MR) is 80.1 cm³/mol. The Labute approximate surface area is 120 Å². The number of aromatic nitrogens is 1. The molecule has 0 spiro atoms. The maximum absolute atomic E-state index is 11.3. The first-order chi connectivity index (χ1) is 9.06. The summed E-state index contributed by atoms with van der Waals surface area (Å²) in [5.74, 6) is 0.868. The number of nitrogens with zero attached hydrogens (tertiary/aromatic N) is 2. The van der Waals surface area contributed by atoms with Gasteiger partial charge in [0.15, 0.2) is 0 Å². The Morgan fingerprint density at radius 3 is 2.42 bits per heavy atom. The highest BCUT2D eigenvalue weighted by molar-refractivity contribution is 7.84. The van der Waals surface area contributed by atoms with Crippen molar-refractivity contribution in [2.75, 3.05) is 18.2 Å². The molecule has 0 aliphatic rings. The fourth-order valence-electron chi connectivity index (χ4n) is 1.74. The molecule has 5 heteroatoms. The molecule has 0 aliphatic heterocycles. The van der Waals surface area contributed by atoms with E-state index in [1.54, 1.807) is 12.5 Å². The molecule has 100 valence electrons. The molecule has 0 saturated carbocycles. The average Bonchev–Trinajstić information content (AvgIpc) is 2.40. The van der Waals surface area contributed by atoms with Gasteiger partial charge in [-0.1, -0.05) is 23.7 Å². The zero-order valence-electron chi connectivity index (χ0n) is 10.8. The van der Waals surface area contributed by atoms with Gasteiger partial charge in [0.1, 0.15) is 5.82 Å². The lowest BCUT2D eigenvalue weighted by molar-refractivity contribution is 0.687. The summed E-state index contributed by atoms with van der Waals surface area (Å²) in [5, 5.41) is 0.631. The van der Waals surface area contributed by atoms with Crippen LogP contribution in [0.2, 0.25) is 5.02 Å². The molecule has 2 rings (SSSR count). The van der Waals surface area contributed by atoms with E-state index in [1.165, 1.54) is 0 Å². The number of benzene rings is 1. The molecule has 1 atom stereocenters. The number of halogens is 1. The predicted octanol–water partition coefficient (Wildman–Crippen LogP) is 3.11. The van der Waals surface area contributed by atoms with Crippen LogP contribution in [-0.2, 0) is 17.3 Å². The lowest BCUT2D eigenvalue weighted by Gasteiger charge is -2.18. The minimum atomic E-state index is -0.929. The van der Waals surface area contributed by atoms with Gasteiger partial charge in [0.05, 0.1) is 5.02 Å². The van der Waals surface area contributed by atoms with E-state index in [1.807, 2.05) is 48.3 Å². The lowest BCUT2D eigenvalue weighted by atomic mass is 10.2. The summed E-state index contributed by atoms with van der Waals surface area (Å²) < 4.78 is 11.3. The lowest BCUT2D eigenvalue weighted by Crippen LogP contribution is -2.17. The molecule has 0 fully saturated rings. The maximum Gasteiger partial charge on any atom is 0.128 e. The first-order valence-corrected chi connectivity index (χ1v) is 7.75. The van der Waals surface area contributed by atoms with Crippen molar-refractivity contribution < 1.29 is 4.21 Å². The highest BCUT2D eigenvalue weighted by Gasteiger charge is 2.04. The highest BCUT2D eigenvalue weighted by Crippen LogP contribution is 2.16. The minimum Gasteiger partial charge on any atom is -0.355 e. The van der Waals surface area contributed by atoms with Crippen LogP contribution in [0, 0.1) is 0 Å². The number of anilines is 1. The second-order valence-electron chi connectivity index (χ2n) is 4.29. The van der Waals surface area contributed by atoms with E-state index in [0.717, 1.165) is 22.8 Å². The molecule has 0 N–H and O–H groups in total. The summed E-state index contributed by atoms with van der Waals surface area (Å²) in [6, 6.07) is 11.5. The quantitative estimate of drug-likeness (QED) is 0.869. The van der Waals surface area contributed by atoms with Crippen molar-refractivity contribution in [2.24, 2.45) is 0 Å². The standard InChI is InChI=1S/C14H15ClN2OS/c1-17(14-8-5-12(15)9-16-14)10-11-3-6-13(7-4-11)19(2)18/h3-9H,10H2,1-2H3. The van der Waals surface area contributed by atoms with Crippen LogP contribution in [-0.4, -0.2) is 22.5 Å². The smallest absolute Gasteiger partial charge is 0.128 e. The van der Waals surface area contributed by atoms with E-state index in [9.17, 15) is 4.21 Å². The van der Waals surface area contributed by atoms with Gasteiger partial charge in [-0.05, 0) is 29.8 Å². The van der Waals surface area contributed by atoms with E-state index in [4.69, 9.17) is 11.6 Å². The van der Waals surface area contributed by atoms with Crippen LogP contribution in [0.1, 0.15) is 5.56 Å². The zero-order chi connectivity index (χ0) is 13.8. The maximum atomic E-state index is 11.3. The molecule has 0 bridgehead atoms. The molecule has 0 amide bonds. The third-order valence-corrected chi connectivity index (χ3v) is 3.94. The molecule has 0 radical (unpaired) electrons. The van der Waals surface area contributed by atoms with Gasteiger partial charge in [-0.25, -0.2) is 4.98 Å². The molecule has 19 heavy (non-hydrogen) atoms. The SMILES string of the molecule is CN(Cc1ccc(S(C)=O)cc1)c1ccc(Cl)cn1. The summed E-state index contributed by atoms with van der Waals surface area (Å²) in [7, 11) is 1.05. The number of hydrogen-bond donors (Lipinski definition) is 0. The first-order valence-electron chi connectivity index (χ1n) is 5.81. The monoisotopic (exact) mass is 294 g/mol. The van der Waals surface area contributed by atoms with E-state index < -0.39 is 10.8 Å². The van der Waals surface area contributed by atoms with Crippen molar-refractivity contribution in [1.82, 2.24) is 4.98 Å². The Balaban J connectivity index is 2.08. The van der Waals surface area contributed by atoms with Crippen molar-refractivity contribution in [3.63, 3.8) is 0 Å². The molecule has 2 aromatic rings. The number of pyridine rings is 1. The van der Waals surface area contributed by atoms with Crippen LogP contribution in [0.25, 0.3) is 0 Å². The van der Waals surface area contributed by atoms with Gasteiger partial charge in [-0.15, -0.1) is 0 Å². The molecule has 3 nitrogen and oxygen atoms in total. The third-order valence-electron chi connectivity index (χ3n) is 2.78. The molecule has 0 saturated heterocycles. The second kappa shape index (κ2) is 6.17. The van der Waals surface area contributed by atoms with Crippen LogP contribution < -0.4 is 4.90 Å².